The van der Waals surface area contributed by atoms with Gasteiger partial charge in [-0.2, -0.15) is 0 Å². The third kappa shape index (κ3) is 4.76. The van der Waals surface area contributed by atoms with Crippen LogP contribution in [-0.4, -0.2) is 22.4 Å². The zero-order valence-corrected chi connectivity index (χ0v) is 15.2. The maximum absolute atomic E-state index is 11.0. The van der Waals surface area contributed by atoms with E-state index in [2.05, 4.69) is 51.9 Å². The van der Waals surface area contributed by atoms with Gasteiger partial charge in [0.15, 0.2) is 6.29 Å². The molecule has 0 saturated carbocycles. The van der Waals surface area contributed by atoms with E-state index in [1.165, 1.54) is 0 Å². The minimum absolute atomic E-state index is 0.345. The fourth-order valence-electron chi connectivity index (χ4n) is 2.03. The Bertz CT molecular complexity index is 371. The number of carbonyl (C=O) groups is 1. The zero-order chi connectivity index (χ0) is 14.4. The van der Waals surface area contributed by atoms with Crippen molar-refractivity contribution in [2.75, 3.05) is 0 Å². The van der Waals surface area contributed by atoms with E-state index in [0.717, 1.165) is 29.6 Å². The Balaban J connectivity index is 5.79. The Morgan fingerprint density at radius 3 is 1.83 bits per heavy atom. The highest BCUT2D eigenvalue weighted by Crippen LogP contribution is 2.31. The van der Waals surface area contributed by atoms with Crippen molar-refractivity contribution in [2.24, 2.45) is 0 Å². The zero-order valence-electron chi connectivity index (χ0n) is 12.5. The third-order valence-electron chi connectivity index (χ3n) is 3.47. The van der Waals surface area contributed by atoms with Gasteiger partial charge in [-0.25, -0.2) is 0 Å². The molecule has 1 nitrogen and oxygen atoms in total. The van der Waals surface area contributed by atoms with E-state index >= 15 is 0 Å². The Morgan fingerprint density at radius 1 is 1.11 bits per heavy atom. The van der Waals surface area contributed by atoms with Crippen LogP contribution in [0.15, 0.2) is 10.2 Å². The molecular formula is C14H25ClOSi2. The quantitative estimate of drug-likeness (QED) is 0.314. The number of rotatable bonds is 5. The van der Waals surface area contributed by atoms with Crippen LogP contribution < -0.4 is 0 Å². The van der Waals surface area contributed by atoms with E-state index in [0.29, 0.717) is 5.03 Å². The van der Waals surface area contributed by atoms with Crippen LogP contribution in [0.1, 0.15) is 20.8 Å². The molecule has 0 fully saturated rings. The first-order valence-electron chi connectivity index (χ1n) is 6.65. The summed E-state index contributed by atoms with van der Waals surface area (Å²) in [5, 5.41) is 1.33. The van der Waals surface area contributed by atoms with Crippen LogP contribution in [0.3, 0.4) is 0 Å². The Labute approximate surface area is 119 Å². The molecule has 0 aromatic carbocycles. The topological polar surface area (TPSA) is 17.1 Å². The summed E-state index contributed by atoms with van der Waals surface area (Å²) in [6.45, 7) is 13.2. The molecule has 4 heteroatoms. The normalized spacial score (nSPS) is 13.5. The molecule has 0 aliphatic rings. The number of carbonyl (C=O) groups excluding carboxylic acids is 1. The minimum Gasteiger partial charge on any atom is -0.297 e. The summed E-state index contributed by atoms with van der Waals surface area (Å²) in [4.78, 5) is 11.0. The van der Waals surface area contributed by atoms with Gasteiger partial charge in [-0.05, 0) is 0 Å². The van der Waals surface area contributed by atoms with Crippen LogP contribution in [-0.2, 0) is 4.79 Å². The van der Waals surface area contributed by atoms with Gasteiger partial charge in [-0.1, -0.05) is 76.1 Å². The van der Waals surface area contributed by atoms with E-state index in [1.807, 2.05) is 0 Å². The summed E-state index contributed by atoms with van der Waals surface area (Å²) in [5.41, 5.74) is 3.37. The summed E-state index contributed by atoms with van der Waals surface area (Å²) in [7, 11) is -3.11. The summed E-state index contributed by atoms with van der Waals surface area (Å²) in [6.07, 6.45) is 0.762. The van der Waals surface area contributed by atoms with Gasteiger partial charge in [0.05, 0.1) is 13.1 Å². The second-order valence-corrected chi connectivity index (χ2v) is 16.0. The van der Waals surface area contributed by atoms with Crippen LogP contribution in [0.5, 0.6) is 0 Å². The van der Waals surface area contributed by atoms with Gasteiger partial charge in [0.2, 0.25) is 0 Å². The molecular weight excluding hydrogens is 276 g/mol. The van der Waals surface area contributed by atoms with Crippen molar-refractivity contribution < 1.29 is 4.79 Å². The molecule has 0 unspecified atom stereocenters. The molecule has 0 bridgehead atoms. The molecule has 0 spiro atoms. The molecule has 102 valence electrons. The molecule has 0 aliphatic carbocycles. The van der Waals surface area contributed by atoms with E-state index in [4.69, 9.17) is 11.6 Å². The number of hydrogen-bond donors (Lipinski definition) is 0. The minimum atomic E-state index is -1.67. The number of allylic oxidation sites excluding steroid dienone is 2. The van der Waals surface area contributed by atoms with Gasteiger partial charge in [-0.15, -0.1) is 5.54 Å². The molecule has 0 rings (SSSR count). The average molecular weight is 301 g/mol. The van der Waals surface area contributed by atoms with Gasteiger partial charge in [0.25, 0.3) is 0 Å². The Hall–Kier alpha value is -0.306. The smallest absolute Gasteiger partial charge is 0.161 e. The van der Waals surface area contributed by atoms with Crippen molar-refractivity contribution in [3.05, 3.63) is 10.2 Å². The highest BCUT2D eigenvalue weighted by molar-refractivity contribution is 6.89. The van der Waals surface area contributed by atoms with Crippen LogP contribution >= 0.6 is 11.6 Å². The Morgan fingerprint density at radius 2 is 1.56 bits per heavy atom. The highest BCUT2D eigenvalue weighted by atomic mass is 35.5. The monoisotopic (exact) mass is 300 g/mol. The highest BCUT2D eigenvalue weighted by Gasteiger charge is 2.33. The summed E-state index contributed by atoms with van der Waals surface area (Å²) < 4.78 is 0. The number of aldehydes is 1. The van der Waals surface area contributed by atoms with Gasteiger partial charge >= 0.3 is 0 Å². The first-order chi connectivity index (χ1) is 8.26. The first-order valence-corrected chi connectivity index (χ1v) is 13.1. The molecule has 0 heterocycles. The fourth-order valence-corrected chi connectivity index (χ4v) is 6.76. The maximum Gasteiger partial charge on any atom is 0.161 e. The standard InChI is InChI=1S/C14H25ClOSi2/c1-7-18(8-2,9-3)14(13(15)12-16)10-11-17(4,5)6/h12H,7-9H2,1-6H3/b14-13+. The number of hydrogen-bond acceptors (Lipinski definition) is 1. The number of halogens is 1. The van der Waals surface area contributed by atoms with E-state index in [1.54, 1.807) is 0 Å². The lowest BCUT2D eigenvalue weighted by Crippen LogP contribution is -2.35. The second-order valence-electron chi connectivity index (χ2n) is 5.68. The van der Waals surface area contributed by atoms with Crippen molar-refractivity contribution in [2.45, 2.75) is 58.5 Å². The molecule has 0 aromatic rings. The van der Waals surface area contributed by atoms with Crippen LogP contribution in [0.25, 0.3) is 0 Å². The SMILES string of the molecule is CC[Si](CC)(CC)/C(C#C[Si](C)(C)C)=C(/Cl)C=O. The molecule has 18 heavy (non-hydrogen) atoms. The molecule has 0 saturated heterocycles. The lowest BCUT2D eigenvalue weighted by Gasteiger charge is -2.28. The van der Waals surface area contributed by atoms with E-state index in [-0.39, 0.29) is 0 Å². The van der Waals surface area contributed by atoms with Crippen LogP contribution in [0.2, 0.25) is 37.8 Å². The van der Waals surface area contributed by atoms with Crippen molar-refractivity contribution in [3.63, 3.8) is 0 Å². The predicted molar refractivity (Wildman–Crippen MR) is 87.3 cm³/mol. The van der Waals surface area contributed by atoms with Gasteiger partial charge in [0, 0.05) is 5.20 Å². The molecule has 0 amide bonds. The predicted octanol–water partition coefficient (Wildman–Crippen LogP) is 4.61. The molecule has 0 aromatic heterocycles. The van der Waals surface area contributed by atoms with Crippen LogP contribution in [0, 0.1) is 11.5 Å². The van der Waals surface area contributed by atoms with E-state index in [9.17, 15) is 4.79 Å². The molecule has 0 atom stereocenters. The van der Waals surface area contributed by atoms with Gasteiger partial charge < -0.3 is 0 Å². The second kappa shape index (κ2) is 7.32. The first kappa shape index (κ1) is 17.7. The van der Waals surface area contributed by atoms with Crippen LogP contribution in [0.4, 0.5) is 0 Å². The lowest BCUT2D eigenvalue weighted by atomic mass is 10.5. The molecule has 0 aliphatic heterocycles. The molecule has 0 N–H and O–H groups in total. The fraction of sp³-hybridized carbons (Fsp3) is 0.643. The van der Waals surface area contributed by atoms with E-state index < -0.39 is 16.1 Å². The van der Waals surface area contributed by atoms with Crippen molar-refractivity contribution in [3.8, 4) is 11.5 Å². The van der Waals surface area contributed by atoms with Crippen molar-refractivity contribution >= 4 is 34.0 Å². The van der Waals surface area contributed by atoms with Crippen molar-refractivity contribution in [1.29, 1.82) is 0 Å². The summed E-state index contributed by atoms with van der Waals surface area (Å²) in [6, 6.07) is 3.29. The van der Waals surface area contributed by atoms with Crippen molar-refractivity contribution in [1.82, 2.24) is 0 Å². The summed E-state index contributed by atoms with van der Waals surface area (Å²) >= 11 is 6.14. The average Bonchev–Trinajstić information content (AvgIpc) is 2.33. The Kier molecular flexibility index (Phi) is 7.20. The lowest BCUT2D eigenvalue weighted by molar-refractivity contribution is -0.104. The summed E-state index contributed by atoms with van der Waals surface area (Å²) in [5.74, 6) is 3.29. The third-order valence-corrected chi connectivity index (χ3v) is 10.3. The largest absolute Gasteiger partial charge is 0.297 e. The molecule has 0 radical (unpaired) electrons. The maximum atomic E-state index is 11.0. The van der Waals surface area contributed by atoms with Gasteiger partial charge in [0.1, 0.15) is 8.07 Å². The van der Waals surface area contributed by atoms with Gasteiger partial charge in [-0.3, -0.25) is 4.79 Å².